The van der Waals surface area contributed by atoms with E-state index in [-0.39, 0.29) is 6.09 Å². The largest absolute Gasteiger partial charge is 0.453 e. The quantitative estimate of drug-likeness (QED) is 0.617. The molecule has 0 spiro atoms. The third-order valence-corrected chi connectivity index (χ3v) is 1.96. The molecule has 4 nitrogen and oxygen atoms in total. The Balaban J connectivity index is 2.13. The van der Waals surface area contributed by atoms with Crippen LogP contribution in [-0.4, -0.2) is 37.7 Å². The Hall–Kier alpha value is -0.770. The highest BCUT2D eigenvalue weighted by Crippen LogP contribution is 2.18. The van der Waals surface area contributed by atoms with Crippen molar-refractivity contribution in [1.82, 2.24) is 4.90 Å². The summed E-state index contributed by atoms with van der Waals surface area (Å²) in [5.74, 6) is 0.596. The third-order valence-electron chi connectivity index (χ3n) is 1.96. The van der Waals surface area contributed by atoms with Gasteiger partial charge in [-0.25, -0.2) is 4.79 Å². The summed E-state index contributed by atoms with van der Waals surface area (Å²) in [6.07, 6.45) is 0.784. The Kier molecular flexibility index (Phi) is 2.70. The van der Waals surface area contributed by atoms with Crippen LogP contribution in [0.15, 0.2) is 0 Å². The van der Waals surface area contributed by atoms with Crippen molar-refractivity contribution in [3.63, 3.8) is 0 Å². The number of carbonyl (C=O) groups is 1. The summed E-state index contributed by atoms with van der Waals surface area (Å²) < 4.78 is 4.54. The van der Waals surface area contributed by atoms with E-state index in [4.69, 9.17) is 5.73 Å². The van der Waals surface area contributed by atoms with Crippen LogP contribution in [0.25, 0.3) is 0 Å². The van der Waals surface area contributed by atoms with E-state index in [0.717, 1.165) is 19.5 Å². The van der Waals surface area contributed by atoms with Crippen LogP contribution in [0.1, 0.15) is 6.42 Å². The fourth-order valence-electron chi connectivity index (χ4n) is 1.27. The number of ether oxygens (including phenoxy) is 1. The number of carbonyl (C=O) groups excluding carboxylic acids is 1. The van der Waals surface area contributed by atoms with Gasteiger partial charge < -0.3 is 15.4 Å². The maximum Gasteiger partial charge on any atom is 0.409 e. The van der Waals surface area contributed by atoms with Gasteiger partial charge in [0.05, 0.1) is 7.11 Å². The van der Waals surface area contributed by atoms with E-state index in [0.29, 0.717) is 12.5 Å². The first-order chi connectivity index (χ1) is 5.27. The topological polar surface area (TPSA) is 55.6 Å². The zero-order chi connectivity index (χ0) is 8.27. The molecule has 64 valence electrons. The predicted molar refractivity (Wildman–Crippen MR) is 41.1 cm³/mol. The lowest BCUT2D eigenvalue weighted by Gasteiger charge is -2.37. The van der Waals surface area contributed by atoms with Gasteiger partial charge in [0.15, 0.2) is 0 Å². The van der Waals surface area contributed by atoms with Crippen molar-refractivity contribution in [3.8, 4) is 0 Å². The van der Waals surface area contributed by atoms with E-state index in [2.05, 4.69) is 4.74 Å². The molecular weight excluding hydrogens is 144 g/mol. The molecule has 1 rings (SSSR count). The van der Waals surface area contributed by atoms with Crippen LogP contribution in [0.2, 0.25) is 0 Å². The Morgan fingerprint density at radius 2 is 2.36 bits per heavy atom. The second-order valence-corrected chi connectivity index (χ2v) is 2.82. The number of hydrogen-bond donors (Lipinski definition) is 1. The minimum atomic E-state index is -0.224. The second kappa shape index (κ2) is 3.57. The molecule has 2 N–H and O–H groups in total. The van der Waals surface area contributed by atoms with Crippen molar-refractivity contribution >= 4 is 6.09 Å². The molecule has 1 amide bonds. The molecule has 4 heteroatoms. The minimum absolute atomic E-state index is 0.224. The molecule has 1 heterocycles. The molecule has 0 radical (unpaired) electrons. The molecule has 0 unspecified atom stereocenters. The molecule has 0 bridgehead atoms. The number of hydrogen-bond acceptors (Lipinski definition) is 3. The number of amides is 1. The lowest BCUT2D eigenvalue weighted by molar-refractivity contribution is 0.0656. The van der Waals surface area contributed by atoms with E-state index < -0.39 is 0 Å². The van der Waals surface area contributed by atoms with Gasteiger partial charge in [-0.05, 0) is 18.9 Å². The molecule has 11 heavy (non-hydrogen) atoms. The third kappa shape index (κ3) is 1.83. The summed E-state index contributed by atoms with van der Waals surface area (Å²) >= 11 is 0. The van der Waals surface area contributed by atoms with Crippen molar-refractivity contribution in [3.05, 3.63) is 0 Å². The number of nitrogens with two attached hydrogens (primary N) is 1. The molecule has 1 saturated heterocycles. The molecule has 0 aromatic carbocycles. The van der Waals surface area contributed by atoms with Crippen molar-refractivity contribution in [1.29, 1.82) is 0 Å². The van der Waals surface area contributed by atoms with Crippen molar-refractivity contribution in [2.45, 2.75) is 6.42 Å². The van der Waals surface area contributed by atoms with Gasteiger partial charge in [0, 0.05) is 13.1 Å². The molecule has 0 aromatic heterocycles. The summed E-state index contributed by atoms with van der Waals surface area (Å²) in [7, 11) is 1.40. The highest BCUT2D eigenvalue weighted by atomic mass is 16.5. The fourth-order valence-corrected chi connectivity index (χ4v) is 1.27. The highest BCUT2D eigenvalue weighted by molar-refractivity contribution is 5.68. The minimum Gasteiger partial charge on any atom is -0.453 e. The van der Waals surface area contributed by atoms with E-state index >= 15 is 0 Å². The van der Waals surface area contributed by atoms with E-state index in [9.17, 15) is 4.79 Å². The number of methoxy groups -OCH3 is 1. The van der Waals surface area contributed by atoms with Gasteiger partial charge in [-0.3, -0.25) is 0 Å². The highest BCUT2D eigenvalue weighted by Gasteiger charge is 2.30. The molecule has 0 aliphatic carbocycles. The van der Waals surface area contributed by atoms with Crippen molar-refractivity contribution in [2.24, 2.45) is 11.7 Å². The lowest BCUT2D eigenvalue weighted by atomic mass is 9.97. The zero-order valence-corrected chi connectivity index (χ0v) is 6.75. The molecule has 0 atom stereocenters. The van der Waals surface area contributed by atoms with Gasteiger partial charge in [0.25, 0.3) is 0 Å². The van der Waals surface area contributed by atoms with Gasteiger partial charge in [-0.1, -0.05) is 0 Å². The van der Waals surface area contributed by atoms with Crippen LogP contribution >= 0.6 is 0 Å². The molecule has 1 aliphatic rings. The van der Waals surface area contributed by atoms with Crippen LogP contribution in [0.3, 0.4) is 0 Å². The average molecular weight is 158 g/mol. The van der Waals surface area contributed by atoms with Gasteiger partial charge in [-0.2, -0.15) is 0 Å². The molecular formula is C7H14N2O2. The maximum atomic E-state index is 10.8. The lowest BCUT2D eigenvalue weighted by Crippen LogP contribution is -2.50. The summed E-state index contributed by atoms with van der Waals surface area (Å²) in [4.78, 5) is 12.5. The molecule has 1 aliphatic heterocycles. The summed E-state index contributed by atoms with van der Waals surface area (Å²) in [6.45, 7) is 2.33. The van der Waals surface area contributed by atoms with Gasteiger partial charge in [0.1, 0.15) is 0 Å². The molecule has 1 fully saturated rings. The average Bonchev–Trinajstić information content (AvgIpc) is 1.94. The Bertz CT molecular complexity index is 143. The molecule has 0 saturated carbocycles. The van der Waals surface area contributed by atoms with Crippen molar-refractivity contribution in [2.75, 3.05) is 26.7 Å². The number of nitrogens with zero attached hydrogens (tertiary/aromatic N) is 1. The van der Waals surface area contributed by atoms with Gasteiger partial charge in [0.2, 0.25) is 0 Å². The fraction of sp³-hybridized carbons (Fsp3) is 0.857. The van der Waals surface area contributed by atoms with Crippen LogP contribution in [0.4, 0.5) is 4.79 Å². The summed E-state index contributed by atoms with van der Waals surface area (Å²) in [6, 6.07) is 0. The number of rotatable bonds is 2. The second-order valence-electron chi connectivity index (χ2n) is 2.82. The van der Waals surface area contributed by atoms with Gasteiger partial charge >= 0.3 is 6.09 Å². The normalized spacial score (nSPS) is 17.8. The Morgan fingerprint density at radius 3 is 2.82 bits per heavy atom. The van der Waals surface area contributed by atoms with Gasteiger partial charge in [-0.15, -0.1) is 0 Å². The van der Waals surface area contributed by atoms with Crippen LogP contribution < -0.4 is 5.73 Å². The standard InChI is InChI=1S/C7H14N2O2/c1-11-7(10)9-4-6(5-9)2-3-8/h6H,2-5,8H2,1H3. The zero-order valence-electron chi connectivity index (χ0n) is 6.75. The Labute approximate surface area is 66.3 Å². The van der Waals surface area contributed by atoms with Crippen LogP contribution in [-0.2, 0) is 4.74 Å². The monoisotopic (exact) mass is 158 g/mol. The SMILES string of the molecule is COC(=O)N1CC(CCN)C1. The first-order valence-electron chi connectivity index (χ1n) is 3.81. The number of likely N-dealkylation sites (tertiary alicyclic amines) is 1. The van der Waals surface area contributed by atoms with Crippen molar-refractivity contribution < 1.29 is 9.53 Å². The molecule has 0 aromatic rings. The first-order valence-corrected chi connectivity index (χ1v) is 3.81. The van der Waals surface area contributed by atoms with Crippen LogP contribution in [0.5, 0.6) is 0 Å². The smallest absolute Gasteiger partial charge is 0.409 e. The van der Waals surface area contributed by atoms with E-state index in [1.807, 2.05) is 0 Å². The maximum absolute atomic E-state index is 10.8. The summed E-state index contributed by atoms with van der Waals surface area (Å²) in [5.41, 5.74) is 5.36. The summed E-state index contributed by atoms with van der Waals surface area (Å²) in [5, 5.41) is 0. The predicted octanol–water partition coefficient (Wildman–Crippen LogP) is 0.0334. The van der Waals surface area contributed by atoms with E-state index in [1.54, 1.807) is 4.90 Å². The van der Waals surface area contributed by atoms with E-state index in [1.165, 1.54) is 7.11 Å². The first kappa shape index (κ1) is 8.33. The van der Waals surface area contributed by atoms with Crippen LogP contribution in [0, 0.1) is 5.92 Å². The Morgan fingerprint density at radius 1 is 1.73 bits per heavy atom.